The molecule has 2 fully saturated rings. The van der Waals surface area contributed by atoms with Crippen LogP contribution in [0.1, 0.15) is 36.4 Å². The molecule has 1 aromatic heterocycles. The third-order valence-corrected chi connectivity index (χ3v) is 4.54. The Morgan fingerprint density at radius 3 is 2.50 bits per heavy atom. The molecular weight excluding hydrogens is 297 g/mol. The van der Waals surface area contributed by atoms with Gasteiger partial charge >= 0.3 is 6.18 Å². The van der Waals surface area contributed by atoms with Crippen molar-refractivity contribution in [3.8, 4) is 0 Å². The summed E-state index contributed by atoms with van der Waals surface area (Å²) >= 11 is 0. The van der Waals surface area contributed by atoms with Crippen molar-refractivity contribution in [2.45, 2.75) is 49.6 Å². The smallest absolute Gasteiger partial charge is 0.390 e. The number of aliphatic hydroxyl groups excluding tert-OH is 2. The summed E-state index contributed by atoms with van der Waals surface area (Å²) in [7, 11) is 0. The summed E-state index contributed by atoms with van der Waals surface area (Å²) in [5, 5.41) is 23.2. The van der Waals surface area contributed by atoms with Crippen molar-refractivity contribution >= 4 is 0 Å². The molecule has 0 aromatic carbocycles. The topological polar surface area (TPSA) is 65.4 Å². The van der Waals surface area contributed by atoms with Gasteiger partial charge in [-0.15, -0.1) is 0 Å². The summed E-state index contributed by atoms with van der Waals surface area (Å²) in [6, 6.07) is 1.98. The molecule has 2 aliphatic rings. The van der Waals surface area contributed by atoms with E-state index in [1.54, 1.807) is 0 Å². The Morgan fingerprint density at radius 1 is 1.23 bits per heavy atom. The first-order valence-corrected chi connectivity index (χ1v) is 7.49. The second kappa shape index (κ2) is 5.79. The predicted octanol–water partition coefficient (Wildman–Crippen LogP) is 1.68. The van der Waals surface area contributed by atoms with Crippen LogP contribution < -0.4 is 5.32 Å². The first kappa shape index (κ1) is 15.7. The van der Waals surface area contributed by atoms with Crippen molar-refractivity contribution in [2.75, 3.05) is 6.54 Å². The molecular formula is C15H19F3N2O2. The van der Waals surface area contributed by atoms with E-state index in [1.807, 2.05) is 0 Å². The molecule has 22 heavy (non-hydrogen) atoms. The molecule has 0 radical (unpaired) electrons. The third-order valence-electron chi connectivity index (χ3n) is 4.54. The van der Waals surface area contributed by atoms with Gasteiger partial charge in [0.05, 0.1) is 12.2 Å². The lowest BCUT2D eigenvalue weighted by Crippen LogP contribution is -2.43. The zero-order valence-corrected chi connectivity index (χ0v) is 11.9. The lowest BCUT2D eigenvalue weighted by atomic mass is 9.94. The van der Waals surface area contributed by atoms with Crippen molar-refractivity contribution in [1.29, 1.82) is 0 Å². The Morgan fingerprint density at radius 2 is 1.95 bits per heavy atom. The van der Waals surface area contributed by atoms with Crippen molar-refractivity contribution in [1.82, 2.24) is 10.3 Å². The van der Waals surface area contributed by atoms with Gasteiger partial charge in [0.2, 0.25) is 0 Å². The number of pyridine rings is 1. The number of aromatic nitrogens is 1. The first-order chi connectivity index (χ1) is 10.4. The maximum atomic E-state index is 12.6. The number of hydrogen-bond acceptors (Lipinski definition) is 4. The van der Waals surface area contributed by atoms with Crippen molar-refractivity contribution in [2.24, 2.45) is 5.92 Å². The molecule has 4 atom stereocenters. The number of aliphatic hydroxyl groups is 2. The third kappa shape index (κ3) is 3.26. The van der Waals surface area contributed by atoms with Crippen molar-refractivity contribution in [3.63, 3.8) is 0 Å². The molecule has 0 unspecified atom stereocenters. The second-order valence-electron chi connectivity index (χ2n) is 6.25. The Kier molecular flexibility index (Phi) is 4.13. The normalized spacial score (nSPS) is 32.4. The van der Waals surface area contributed by atoms with E-state index in [-0.39, 0.29) is 12.0 Å². The molecule has 2 aliphatic carbocycles. The van der Waals surface area contributed by atoms with Gasteiger partial charge in [0.1, 0.15) is 5.69 Å². The van der Waals surface area contributed by atoms with Crippen LogP contribution >= 0.6 is 0 Å². The predicted molar refractivity (Wildman–Crippen MR) is 73.1 cm³/mol. The number of nitrogens with one attached hydrogen (secondary N) is 1. The summed E-state index contributed by atoms with van der Waals surface area (Å²) in [6.45, 7) is 0.763. The minimum absolute atomic E-state index is 0.237. The van der Waals surface area contributed by atoms with E-state index in [9.17, 15) is 23.4 Å². The number of nitrogens with zero attached hydrogens (tertiary/aromatic N) is 1. The molecule has 2 saturated carbocycles. The standard InChI is InChI=1S/C15H19F3N2O2/c16-15(17,18)12-4-3-9(7-19-12)10-5-11(21)14(22)13(10)20-6-8-1-2-8/h3-4,7-8,10-11,13-14,20-22H,1-2,5-6H2/t10-,11-,13-,14-/m1/s1. The van der Waals surface area contributed by atoms with Crippen LogP contribution in [0.25, 0.3) is 0 Å². The molecule has 122 valence electrons. The first-order valence-electron chi connectivity index (χ1n) is 7.49. The van der Waals surface area contributed by atoms with Crippen LogP contribution in [-0.4, -0.2) is 40.0 Å². The summed E-state index contributed by atoms with van der Waals surface area (Å²) < 4.78 is 37.7. The van der Waals surface area contributed by atoms with Gasteiger partial charge in [-0.05, 0) is 43.4 Å². The lowest BCUT2D eigenvalue weighted by Gasteiger charge is -2.24. The molecule has 0 saturated heterocycles. The fourth-order valence-corrected chi connectivity index (χ4v) is 3.05. The molecule has 3 rings (SSSR count). The van der Waals surface area contributed by atoms with Gasteiger partial charge in [0, 0.05) is 18.2 Å². The van der Waals surface area contributed by atoms with Crippen LogP contribution in [0.4, 0.5) is 13.2 Å². The van der Waals surface area contributed by atoms with Gasteiger partial charge in [-0.1, -0.05) is 6.07 Å². The van der Waals surface area contributed by atoms with E-state index < -0.39 is 24.1 Å². The zero-order chi connectivity index (χ0) is 15.9. The molecule has 1 heterocycles. The summed E-state index contributed by atoms with van der Waals surface area (Å²) in [5.74, 6) is 0.370. The van der Waals surface area contributed by atoms with Gasteiger partial charge in [-0.25, -0.2) is 0 Å². The summed E-state index contributed by atoms with van der Waals surface area (Å²) in [5.41, 5.74) is -0.324. The molecule has 4 nitrogen and oxygen atoms in total. The van der Waals surface area contributed by atoms with Crippen LogP contribution in [0.3, 0.4) is 0 Å². The van der Waals surface area contributed by atoms with Gasteiger partial charge in [-0.3, -0.25) is 4.98 Å². The van der Waals surface area contributed by atoms with Crippen LogP contribution in [0.2, 0.25) is 0 Å². The van der Waals surface area contributed by atoms with Gasteiger partial charge in [0.25, 0.3) is 0 Å². The SMILES string of the molecule is O[C@H]1[C@H](NCC2CC2)[C@@H](c2ccc(C(F)(F)F)nc2)C[C@H]1O. The Balaban J connectivity index is 1.75. The van der Waals surface area contributed by atoms with E-state index in [1.165, 1.54) is 12.3 Å². The zero-order valence-electron chi connectivity index (χ0n) is 11.9. The van der Waals surface area contributed by atoms with Gasteiger partial charge in [-0.2, -0.15) is 13.2 Å². The maximum Gasteiger partial charge on any atom is 0.433 e. The van der Waals surface area contributed by atoms with Crippen LogP contribution in [0, 0.1) is 5.92 Å². The molecule has 0 spiro atoms. The summed E-state index contributed by atoms with van der Waals surface area (Å²) in [4.78, 5) is 3.47. The highest BCUT2D eigenvalue weighted by atomic mass is 19.4. The van der Waals surface area contributed by atoms with Crippen LogP contribution in [-0.2, 0) is 6.18 Å². The number of halogens is 3. The lowest BCUT2D eigenvalue weighted by molar-refractivity contribution is -0.141. The Labute approximate surface area is 126 Å². The van der Waals surface area contributed by atoms with E-state index in [2.05, 4.69) is 10.3 Å². The molecule has 3 N–H and O–H groups in total. The highest BCUT2D eigenvalue weighted by Crippen LogP contribution is 2.37. The monoisotopic (exact) mass is 316 g/mol. The van der Waals surface area contributed by atoms with E-state index in [0.29, 0.717) is 17.9 Å². The molecule has 0 aliphatic heterocycles. The molecule has 1 aromatic rings. The fourth-order valence-electron chi connectivity index (χ4n) is 3.05. The Hall–Kier alpha value is -1.18. The van der Waals surface area contributed by atoms with E-state index in [4.69, 9.17) is 0 Å². The number of alkyl halides is 3. The average Bonchev–Trinajstić information content (AvgIpc) is 3.24. The second-order valence-corrected chi connectivity index (χ2v) is 6.25. The largest absolute Gasteiger partial charge is 0.433 e. The van der Waals surface area contributed by atoms with Gasteiger partial charge in [0.15, 0.2) is 0 Å². The summed E-state index contributed by atoms with van der Waals surface area (Å²) in [6.07, 6.45) is -2.41. The van der Waals surface area contributed by atoms with Crippen molar-refractivity contribution in [3.05, 3.63) is 29.6 Å². The Bertz CT molecular complexity index is 517. The van der Waals surface area contributed by atoms with Gasteiger partial charge < -0.3 is 15.5 Å². The van der Waals surface area contributed by atoms with E-state index in [0.717, 1.165) is 25.5 Å². The minimum atomic E-state index is -4.46. The van der Waals surface area contributed by atoms with Crippen LogP contribution in [0.5, 0.6) is 0 Å². The number of rotatable bonds is 4. The van der Waals surface area contributed by atoms with Crippen molar-refractivity contribution < 1.29 is 23.4 Å². The fraction of sp³-hybridized carbons (Fsp3) is 0.667. The highest BCUT2D eigenvalue weighted by Gasteiger charge is 2.43. The molecule has 7 heteroatoms. The minimum Gasteiger partial charge on any atom is -0.390 e. The van der Waals surface area contributed by atoms with E-state index >= 15 is 0 Å². The van der Waals surface area contributed by atoms with Crippen LogP contribution in [0.15, 0.2) is 18.3 Å². The maximum absolute atomic E-state index is 12.6. The average molecular weight is 316 g/mol. The highest BCUT2D eigenvalue weighted by molar-refractivity contribution is 5.24. The molecule has 0 bridgehead atoms. The molecule has 0 amide bonds. The quantitative estimate of drug-likeness (QED) is 0.791. The number of hydrogen-bond donors (Lipinski definition) is 3.